The Hall–Kier alpha value is -0.360. The summed E-state index contributed by atoms with van der Waals surface area (Å²) in [7, 11) is -1.56. The molecular formula is C5H7BrN2O2S. The minimum atomic E-state index is -3.19. The average Bonchev–Trinajstić information content (AvgIpc) is 2.11. The number of imidazole rings is 1. The Labute approximate surface area is 73.3 Å². The third-order valence-corrected chi connectivity index (χ3v) is 3.00. The Morgan fingerprint density at radius 3 is 2.36 bits per heavy atom. The Bertz CT molecular complexity index is 368. The van der Waals surface area contributed by atoms with Gasteiger partial charge in [0.2, 0.25) is 15.0 Å². The van der Waals surface area contributed by atoms with Crippen molar-refractivity contribution in [2.24, 2.45) is 7.05 Å². The van der Waals surface area contributed by atoms with E-state index in [1.165, 1.54) is 10.8 Å². The molecule has 0 saturated heterocycles. The molecule has 0 aliphatic heterocycles. The van der Waals surface area contributed by atoms with E-state index in [0.717, 1.165) is 6.26 Å². The zero-order valence-electron chi connectivity index (χ0n) is 6.07. The van der Waals surface area contributed by atoms with Crippen LogP contribution in [0.15, 0.2) is 16.0 Å². The molecule has 0 atom stereocenters. The molecule has 1 aromatic heterocycles. The molecule has 0 spiro atoms. The number of sulfone groups is 1. The van der Waals surface area contributed by atoms with Crippen molar-refractivity contribution in [3.63, 3.8) is 0 Å². The van der Waals surface area contributed by atoms with Gasteiger partial charge in [0.15, 0.2) is 0 Å². The normalized spacial score (nSPS) is 11.9. The lowest BCUT2D eigenvalue weighted by Gasteiger charge is -1.97. The van der Waals surface area contributed by atoms with E-state index < -0.39 is 9.84 Å². The number of rotatable bonds is 1. The van der Waals surface area contributed by atoms with E-state index in [4.69, 9.17) is 0 Å². The monoisotopic (exact) mass is 238 g/mol. The van der Waals surface area contributed by atoms with E-state index >= 15 is 0 Å². The summed E-state index contributed by atoms with van der Waals surface area (Å²) in [5, 5.41) is 0.0735. The van der Waals surface area contributed by atoms with E-state index in [1.807, 2.05) is 0 Å². The predicted octanol–water partition coefficient (Wildman–Crippen LogP) is 0.586. The molecule has 0 N–H and O–H groups in total. The highest BCUT2D eigenvalue weighted by Crippen LogP contribution is 2.13. The highest BCUT2D eigenvalue weighted by Gasteiger charge is 2.14. The Morgan fingerprint density at radius 1 is 1.64 bits per heavy atom. The Morgan fingerprint density at radius 2 is 2.18 bits per heavy atom. The maximum Gasteiger partial charge on any atom is 0.227 e. The van der Waals surface area contributed by atoms with Crippen LogP contribution in [0.3, 0.4) is 0 Å². The molecule has 0 bridgehead atoms. The lowest BCUT2D eigenvalue weighted by molar-refractivity contribution is 0.584. The van der Waals surface area contributed by atoms with Gasteiger partial charge in [-0.1, -0.05) is 0 Å². The lowest BCUT2D eigenvalue weighted by Crippen LogP contribution is -2.05. The van der Waals surface area contributed by atoms with Gasteiger partial charge in [-0.2, -0.15) is 0 Å². The van der Waals surface area contributed by atoms with Crippen LogP contribution in [0.5, 0.6) is 0 Å². The molecule has 0 unspecified atom stereocenters. The van der Waals surface area contributed by atoms with Gasteiger partial charge in [0.25, 0.3) is 0 Å². The molecule has 0 aliphatic carbocycles. The van der Waals surface area contributed by atoms with Crippen molar-refractivity contribution in [2.45, 2.75) is 5.16 Å². The standard InChI is InChI=1S/C5H7BrN2O2S/c1-8-4(6)3-7-5(8)11(2,9)10/h3H,1-2H3. The molecule has 62 valence electrons. The second kappa shape index (κ2) is 2.60. The van der Waals surface area contributed by atoms with Crippen LogP contribution in [0.4, 0.5) is 0 Å². The highest BCUT2D eigenvalue weighted by molar-refractivity contribution is 9.10. The molecule has 1 heterocycles. The topological polar surface area (TPSA) is 52.0 Å². The van der Waals surface area contributed by atoms with Crippen LogP contribution < -0.4 is 0 Å². The van der Waals surface area contributed by atoms with E-state index in [1.54, 1.807) is 7.05 Å². The quantitative estimate of drug-likeness (QED) is 0.720. The summed E-state index contributed by atoms with van der Waals surface area (Å²) >= 11 is 3.14. The molecule has 11 heavy (non-hydrogen) atoms. The van der Waals surface area contributed by atoms with Crippen molar-refractivity contribution < 1.29 is 8.42 Å². The molecule has 1 aromatic rings. The van der Waals surface area contributed by atoms with Gasteiger partial charge in [0.05, 0.1) is 6.20 Å². The zero-order valence-corrected chi connectivity index (χ0v) is 8.48. The summed E-state index contributed by atoms with van der Waals surface area (Å²) in [6, 6.07) is 0. The maximum absolute atomic E-state index is 11.0. The molecule has 0 aliphatic rings. The number of hydrogen-bond acceptors (Lipinski definition) is 3. The van der Waals surface area contributed by atoms with Crippen molar-refractivity contribution in [2.75, 3.05) is 6.26 Å². The summed E-state index contributed by atoms with van der Waals surface area (Å²) in [4.78, 5) is 3.71. The maximum atomic E-state index is 11.0. The van der Waals surface area contributed by atoms with Crippen LogP contribution in [0.25, 0.3) is 0 Å². The van der Waals surface area contributed by atoms with Crippen molar-refractivity contribution >= 4 is 25.8 Å². The third kappa shape index (κ3) is 1.62. The van der Waals surface area contributed by atoms with Crippen molar-refractivity contribution in [1.29, 1.82) is 0 Å². The van der Waals surface area contributed by atoms with Crippen molar-refractivity contribution in [3.8, 4) is 0 Å². The first kappa shape index (κ1) is 8.73. The largest absolute Gasteiger partial charge is 0.313 e. The molecule has 1 rings (SSSR count). The second-order valence-corrected chi connectivity index (χ2v) is 4.92. The van der Waals surface area contributed by atoms with Crippen LogP contribution >= 0.6 is 15.9 Å². The summed E-state index contributed by atoms with van der Waals surface area (Å²) in [6.45, 7) is 0. The Kier molecular flexibility index (Phi) is 2.06. The molecule has 0 fully saturated rings. The molecule has 0 amide bonds. The van der Waals surface area contributed by atoms with Crippen molar-refractivity contribution in [3.05, 3.63) is 10.8 Å². The summed E-state index contributed by atoms with van der Waals surface area (Å²) in [5.41, 5.74) is 0. The van der Waals surface area contributed by atoms with Gasteiger partial charge in [-0.3, -0.25) is 0 Å². The molecule has 0 saturated carbocycles. The SMILES string of the molecule is Cn1c(Br)cnc1S(C)(=O)=O. The van der Waals surface area contributed by atoms with E-state index in [0.29, 0.717) is 4.60 Å². The minimum absolute atomic E-state index is 0.0735. The van der Waals surface area contributed by atoms with Crippen molar-refractivity contribution in [1.82, 2.24) is 9.55 Å². The second-order valence-electron chi connectivity index (χ2n) is 2.19. The van der Waals surface area contributed by atoms with Gasteiger partial charge in [-0.05, 0) is 15.9 Å². The van der Waals surface area contributed by atoms with Crippen LogP contribution in [0.2, 0.25) is 0 Å². The first-order chi connectivity index (χ1) is 4.93. The first-order valence-corrected chi connectivity index (χ1v) is 5.48. The summed E-state index contributed by atoms with van der Waals surface area (Å²) in [6.07, 6.45) is 2.58. The highest BCUT2D eigenvalue weighted by atomic mass is 79.9. The predicted molar refractivity (Wildman–Crippen MR) is 44.0 cm³/mol. The Balaban J connectivity index is 3.38. The van der Waals surface area contributed by atoms with Gasteiger partial charge in [-0.15, -0.1) is 0 Å². The number of aromatic nitrogens is 2. The van der Waals surface area contributed by atoms with Crippen LogP contribution in [0.1, 0.15) is 0 Å². The van der Waals surface area contributed by atoms with Gasteiger partial charge >= 0.3 is 0 Å². The van der Waals surface area contributed by atoms with E-state index in [9.17, 15) is 8.42 Å². The smallest absolute Gasteiger partial charge is 0.227 e. The van der Waals surface area contributed by atoms with Gasteiger partial charge in [-0.25, -0.2) is 13.4 Å². The van der Waals surface area contributed by atoms with Gasteiger partial charge in [0, 0.05) is 13.3 Å². The summed E-state index contributed by atoms with van der Waals surface area (Å²) < 4.78 is 24.0. The minimum Gasteiger partial charge on any atom is -0.313 e. The fraction of sp³-hybridized carbons (Fsp3) is 0.400. The molecule has 0 radical (unpaired) electrons. The molecule has 0 aromatic carbocycles. The average molecular weight is 239 g/mol. The molecular weight excluding hydrogens is 232 g/mol. The van der Waals surface area contributed by atoms with Crippen LogP contribution in [0, 0.1) is 0 Å². The van der Waals surface area contributed by atoms with E-state index in [-0.39, 0.29) is 5.16 Å². The van der Waals surface area contributed by atoms with E-state index in [2.05, 4.69) is 20.9 Å². The van der Waals surface area contributed by atoms with Crippen LogP contribution in [-0.4, -0.2) is 24.2 Å². The van der Waals surface area contributed by atoms with Gasteiger partial charge < -0.3 is 4.57 Å². The first-order valence-electron chi connectivity index (χ1n) is 2.80. The van der Waals surface area contributed by atoms with Crippen LogP contribution in [-0.2, 0) is 16.9 Å². The molecule has 6 heteroatoms. The number of halogens is 1. The number of hydrogen-bond donors (Lipinski definition) is 0. The number of nitrogens with zero attached hydrogens (tertiary/aromatic N) is 2. The lowest BCUT2D eigenvalue weighted by atomic mass is 10.9. The molecule has 4 nitrogen and oxygen atoms in total. The fourth-order valence-corrected chi connectivity index (χ4v) is 1.95. The fourth-order valence-electron chi connectivity index (χ4n) is 0.718. The third-order valence-electron chi connectivity index (χ3n) is 1.22. The van der Waals surface area contributed by atoms with Gasteiger partial charge in [0.1, 0.15) is 4.60 Å². The zero-order chi connectivity index (χ0) is 8.65. The summed E-state index contributed by atoms with van der Waals surface area (Å²) in [5.74, 6) is 0.